The second-order valence-corrected chi connectivity index (χ2v) is 8.06. The fraction of sp³-hybridized carbons (Fsp3) is 0.360. The Hall–Kier alpha value is -3.68. The number of aromatic nitrogens is 2. The molecule has 33 heavy (non-hydrogen) atoms. The fourth-order valence-corrected chi connectivity index (χ4v) is 3.42. The highest BCUT2D eigenvalue weighted by molar-refractivity contribution is 5.88. The standard InChI is InChI=1S/C25H28N4O4/c1-2-32-20-12-8-18(9-13-20)24-28-23(33-29-24)15-14-22(30)27-21(25(31)26-19-10-11-19)16-17-6-4-3-5-7-17/h3-9,12-13,19,21H,2,10-11,14-16H2,1H3,(H,26,31)(H,27,30). The maximum atomic E-state index is 12.7. The summed E-state index contributed by atoms with van der Waals surface area (Å²) in [6, 6.07) is 16.7. The lowest BCUT2D eigenvalue weighted by Crippen LogP contribution is -2.48. The lowest BCUT2D eigenvalue weighted by molar-refractivity contribution is -0.129. The third-order valence-corrected chi connectivity index (χ3v) is 5.32. The molecule has 0 saturated heterocycles. The quantitative estimate of drug-likeness (QED) is 0.467. The van der Waals surface area contributed by atoms with Crippen molar-refractivity contribution in [3.63, 3.8) is 0 Å². The van der Waals surface area contributed by atoms with Crippen LogP contribution in [0.5, 0.6) is 5.75 Å². The van der Waals surface area contributed by atoms with Crippen molar-refractivity contribution in [1.29, 1.82) is 0 Å². The summed E-state index contributed by atoms with van der Waals surface area (Å²) in [6.45, 7) is 2.53. The van der Waals surface area contributed by atoms with Crippen molar-refractivity contribution in [2.24, 2.45) is 0 Å². The molecule has 0 bridgehead atoms. The molecule has 8 heteroatoms. The zero-order chi connectivity index (χ0) is 23.0. The minimum atomic E-state index is -0.623. The van der Waals surface area contributed by atoms with Crippen LogP contribution in [0.15, 0.2) is 59.1 Å². The molecule has 2 amide bonds. The van der Waals surface area contributed by atoms with E-state index >= 15 is 0 Å². The number of carbonyl (C=O) groups excluding carboxylic acids is 2. The van der Waals surface area contributed by atoms with Gasteiger partial charge in [0.05, 0.1) is 6.61 Å². The molecule has 2 aromatic carbocycles. The highest BCUT2D eigenvalue weighted by Gasteiger charge is 2.28. The minimum absolute atomic E-state index is 0.146. The Morgan fingerprint density at radius 2 is 1.88 bits per heavy atom. The number of ether oxygens (including phenoxy) is 1. The summed E-state index contributed by atoms with van der Waals surface area (Å²) in [6.07, 6.45) is 2.86. The van der Waals surface area contributed by atoms with Crippen LogP contribution in [0.3, 0.4) is 0 Å². The molecule has 2 N–H and O–H groups in total. The summed E-state index contributed by atoms with van der Waals surface area (Å²) in [5.41, 5.74) is 1.79. The lowest BCUT2D eigenvalue weighted by atomic mass is 10.0. The van der Waals surface area contributed by atoms with Crippen LogP contribution in [0.4, 0.5) is 0 Å². The van der Waals surface area contributed by atoms with Gasteiger partial charge in [-0.2, -0.15) is 4.98 Å². The summed E-state index contributed by atoms with van der Waals surface area (Å²) in [4.78, 5) is 29.6. The smallest absolute Gasteiger partial charge is 0.243 e. The molecule has 8 nitrogen and oxygen atoms in total. The van der Waals surface area contributed by atoms with E-state index in [2.05, 4.69) is 20.8 Å². The van der Waals surface area contributed by atoms with Gasteiger partial charge in [-0.1, -0.05) is 35.5 Å². The zero-order valence-electron chi connectivity index (χ0n) is 18.6. The van der Waals surface area contributed by atoms with Crippen LogP contribution in [-0.4, -0.2) is 40.6 Å². The van der Waals surface area contributed by atoms with Gasteiger partial charge in [0.2, 0.25) is 23.5 Å². The van der Waals surface area contributed by atoms with Crippen molar-refractivity contribution in [2.45, 2.75) is 51.1 Å². The molecule has 1 fully saturated rings. The van der Waals surface area contributed by atoms with Crippen LogP contribution >= 0.6 is 0 Å². The van der Waals surface area contributed by atoms with Gasteiger partial charge >= 0.3 is 0 Å². The van der Waals surface area contributed by atoms with Gasteiger partial charge in [-0.25, -0.2) is 0 Å². The van der Waals surface area contributed by atoms with Crippen LogP contribution in [-0.2, 0) is 22.4 Å². The summed E-state index contributed by atoms with van der Waals surface area (Å²) in [5, 5.41) is 9.86. The van der Waals surface area contributed by atoms with Crippen LogP contribution in [0.1, 0.15) is 37.6 Å². The van der Waals surface area contributed by atoms with E-state index in [1.54, 1.807) is 0 Å². The van der Waals surface area contributed by atoms with Crippen molar-refractivity contribution in [2.75, 3.05) is 6.61 Å². The van der Waals surface area contributed by atoms with E-state index in [1.807, 2.05) is 61.5 Å². The molecule has 0 radical (unpaired) electrons. The molecular formula is C25H28N4O4. The number of aryl methyl sites for hydroxylation is 1. The van der Waals surface area contributed by atoms with Crippen LogP contribution in [0.2, 0.25) is 0 Å². The number of rotatable bonds is 11. The Balaban J connectivity index is 1.32. The van der Waals surface area contributed by atoms with Gasteiger partial charge in [0.1, 0.15) is 11.8 Å². The van der Waals surface area contributed by atoms with E-state index in [9.17, 15) is 9.59 Å². The molecule has 1 saturated carbocycles. The fourth-order valence-electron chi connectivity index (χ4n) is 3.42. The van der Waals surface area contributed by atoms with Crippen molar-refractivity contribution in [3.05, 3.63) is 66.1 Å². The number of carbonyl (C=O) groups is 2. The second kappa shape index (κ2) is 10.8. The largest absolute Gasteiger partial charge is 0.494 e. The van der Waals surface area contributed by atoms with Gasteiger partial charge in [0.15, 0.2) is 0 Å². The Labute approximate surface area is 192 Å². The molecule has 0 aliphatic heterocycles. The summed E-state index contributed by atoms with van der Waals surface area (Å²) >= 11 is 0. The van der Waals surface area contributed by atoms with Crippen LogP contribution in [0, 0.1) is 0 Å². The van der Waals surface area contributed by atoms with Gasteiger partial charge in [0.25, 0.3) is 0 Å². The molecular weight excluding hydrogens is 420 g/mol. The molecule has 3 aromatic rings. The topological polar surface area (TPSA) is 106 Å². The van der Waals surface area contributed by atoms with E-state index in [0.717, 1.165) is 29.7 Å². The first-order valence-corrected chi connectivity index (χ1v) is 11.3. The third-order valence-electron chi connectivity index (χ3n) is 5.32. The first-order valence-electron chi connectivity index (χ1n) is 11.3. The summed E-state index contributed by atoms with van der Waals surface area (Å²) in [7, 11) is 0. The summed E-state index contributed by atoms with van der Waals surface area (Å²) in [5.74, 6) is 1.22. The summed E-state index contributed by atoms with van der Waals surface area (Å²) < 4.78 is 10.7. The molecule has 1 unspecified atom stereocenters. The second-order valence-electron chi connectivity index (χ2n) is 8.06. The van der Waals surface area contributed by atoms with Crippen molar-refractivity contribution < 1.29 is 18.8 Å². The molecule has 1 aliphatic rings. The molecule has 1 aliphatic carbocycles. The number of hydrogen-bond acceptors (Lipinski definition) is 6. The number of benzene rings is 2. The van der Waals surface area contributed by atoms with Gasteiger partial charge in [-0.3, -0.25) is 9.59 Å². The number of hydrogen-bond donors (Lipinski definition) is 2. The highest BCUT2D eigenvalue weighted by Crippen LogP contribution is 2.21. The van der Waals surface area contributed by atoms with E-state index in [1.165, 1.54) is 0 Å². The van der Waals surface area contributed by atoms with Gasteiger partial charge in [0, 0.05) is 30.9 Å². The molecule has 1 heterocycles. The zero-order valence-corrected chi connectivity index (χ0v) is 18.6. The Bertz CT molecular complexity index is 1060. The number of nitrogens with zero attached hydrogens (tertiary/aromatic N) is 2. The van der Waals surface area contributed by atoms with E-state index < -0.39 is 6.04 Å². The SMILES string of the molecule is CCOc1ccc(-c2noc(CCC(=O)NC(Cc3ccccc3)C(=O)NC3CC3)n2)cc1. The predicted octanol–water partition coefficient (Wildman–Crippen LogP) is 3.07. The van der Waals surface area contributed by atoms with E-state index in [0.29, 0.717) is 24.7 Å². The maximum absolute atomic E-state index is 12.7. The Morgan fingerprint density at radius 1 is 1.12 bits per heavy atom. The minimum Gasteiger partial charge on any atom is -0.494 e. The van der Waals surface area contributed by atoms with Gasteiger partial charge in [-0.05, 0) is 49.6 Å². The highest BCUT2D eigenvalue weighted by atomic mass is 16.5. The monoisotopic (exact) mass is 448 g/mol. The lowest BCUT2D eigenvalue weighted by Gasteiger charge is -2.18. The average Bonchev–Trinajstić information content (AvgIpc) is 3.51. The molecule has 4 rings (SSSR count). The average molecular weight is 449 g/mol. The van der Waals surface area contributed by atoms with Crippen LogP contribution < -0.4 is 15.4 Å². The van der Waals surface area contributed by atoms with E-state index in [4.69, 9.17) is 9.26 Å². The molecule has 1 atom stereocenters. The van der Waals surface area contributed by atoms with Crippen LogP contribution in [0.25, 0.3) is 11.4 Å². The van der Waals surface area contributed by atoms with E-state index in [-0.39, 0.29) is 30.7 Å². The molecule has 172 valence electrons. The Kier molecular flexibility index (Phi) is 7.34. The molecule has 0 spiro atoms. The van der Waals surface area contributed by atoms with Crippen molar-refractivity contribution >= 4 is 11.8 Å². The molecule has 1 aromatic heterocycles. The first-order chi connectivity index (χ1) is 16.1. The number of amides is 2. The number of nitrogens with one attached hydrogen (secondary N) is 2. The normalized spacial score (nSPS) is 13.8. The Morgan fingerprint density at radius 3 is 2.58 bits per heavy atom. The van der Waals surface area contributed by atoms with Crippen molar-refractivity contribution in [1.82, 2.24) is 20.8 Å². The van der Waals surface area contributed by atoms with Gasteiger partial charge in [-0.15, -0.1) is 0 Å². The van der Waals surface area contributed by atoms with Gasteiger partial charge < -0.3 is 19.9 Å². The first kappa shape index (κ1) is 22.5. The third kappa shape index (κ3) is 6.65. The predicted molar refractivity (Wildman–Crippen MR) is 122 cm³/mol. The van der Waals surface area contributed by atoms with Crippen molar-refractivity contribution in [3.8, 4) is 17.1 Å². The maximum Gasteiger partial charge on any atom is 0.243 e.